The maximum absolute atomic E-state index is 13.1. The molecule has 0 radical (unpaired) electrons. The molecule has 2 atom stereocenters. The minimum absolute atomic E-state index is 0.0830. The number of nitrogens with zero attached hydrogens (tertiary/aromatic N) is 2. The Morgan fingerprint density at radius 1 is 1.39 bits per heavy atom. The Balaban J connectivity index is 2.58. The van der Waals surface area contributed by atoms with Crippen LogP contribution in [0.3, 0.4) is 0 Å². The lowest BCUT2D eigenvalue weighted by molar-refractivity contribution is 0.0973. The van der Waals surface area contributed by atoms with Crippen LogP contribution in [0.15, 0.2) is 14.5 Å². The van der Waals surface area contributed by atoms with Gasteiger partial charge in [0.1, 0.15) is 8.42 Å². The molecule has 0 aliphatic carbocycles. The van der Waals surface area contributed by atoms with Gasteiger partial charge >= 0.3 is 0 Å². The number of hydrogen-bond donors (Lipinski definition) is 1. The van der Waals surface area contributed by atoms with Crippen molar-refractivity contribution >= 4 is 31.4 Å². The summed E-state index contributed by atoms with van der Waals surface area (Å²) in [4.78, 5) is 2.24. The van der Waals surface area contributed by atoms with E-state index in [0.29, 0.717) is 31.1 Å². The van der Waals surface area contributed by atoms with Crippen LogP contribution in [0, 0.1) is 5.92 Å². The van der Waals surface area contributed by atoms with Crippen molar-refractivity contribution in [3.63, 3.8) is 0 Å². The molecule has 8 nitrogen and oxygen atoms in total. The molecule has 0 saturated carbocycles. The van der Waals surface area contributed by atoms with Gasteiger partial charge in [0.15, 0.2) is 0 Å². The topological polar surface area (TPSA) is 110 Å². The molecular formula is C17H31N3O5S3. The van der Waals surface area contributed by atoms with Crippen molar-refractivity contribution in [1.82, 2.24) is 9.21 Å². The lowest BCUT2D eigenvalue weighted by Crippen LogP contribution is -2.49. The highest BCUT2D eigenvalue weighted by Crippen LogP contribution is 2.43. The van der Waals surface area contributed by atoms with Gasteiger partial charge in [0.2, 0.25) is 10.0 Å². The van der Waals surface area contributed by atoms with Gasteiger partial charge in [-0.3, -0.25) is 4.90 Å². The molecule has 0 spiro atoms. The Kier molecular flexibility index (Phi) is 7.68. The van der Waals surface area contributed by atoms with E-state index in [2.05, 4.69) is 25.7 Å². The fourth-order valence-corrected chi connectivity index (χ4v) is 7.79. The average molecular weight is 454 g/mol. The fourth-order valence-electron chi connectivity index (χ4n) is 3.50. The molecule has 1 aromatic rings. The molecule has 0 fully saturated rings. The summed E-state index contributed by atoms with van der Waals surface area (Å²) in [5.74, 6) is 0.361. The number of fused-ring (bicyclic) bond motifs is 1. The second-order valence-electron chi connectivity index (χ2n) is 7.39. The van der Waals surface area contributed by atoms with Crippen molar-refractivity contribution in [2.45, 2.75) is 54.6 Å². The van der Waals surface area contributed by atoms with E-state index in [1.165, 1.54) is 10.4 Å². The van der Waals surface area contributed by atoms with E-state index >= 15 is 0 Å². The summed E-state index contributed by atoms with van der Waals surface area (Å²) in [7, 11) is -6.18. The van der Waals surface area contributed by atoms with Gasteiger partial charge < -0.3 is 4.74 Å². The SMILES string of the molecule is CCN(C(C)C(C)C)[C@H]1CN(CCCOC)S(=O)(=O)c2sc(S(N)(=O)=O)cc21. The number of methoxy groups -OCH3 is 1. The number of ether oxygens (including phenoxy) is 1. The summed E-state index contributed by atoms with van der Waals surface area (Å²) in [6.45, 7) is 10.2. The molecule has 1 unspecified atom stereocenters. The smallest absolute Gasteiger partial charge is 0.252 e. The third kappa shape index (κ3) is 4.77. The van der Waals surface area contributed by atoms with Gasteiger partial charge in [0.25, 0.3) is 10.0 Å². The summed E-state index contributed by atoms with van der Waals surface area (Å²) in [5, 5.41) is 5.30. The molecular weight excluding hydrogens is 422 g/mol. The molecule has 1 aliphatic heterocycles. The average Bonchev–Trinajstić information content (AvgIpc) is 3.06. The number of primary sulfonamides is 1. The summed E-state index contributed by atoms with van der Waals surface area (Å²) in [6.07, 6.45) is 0.567. The van der Waals surface area contributed by atoms with Crippen molar-refractivity contribution in [2.75, 3.05) is 33.4 Å². The summed E-state index contributed by atoms with van der Waals surface area (Å²) in [6, 6.07) is 1.41. The number of likely N-dealkylation sites (N-methyl/N-ethyl adjacent to an activating group) is 1. The Hall–Kier alpha value is -0.560. The third-order valence-electron chi connectivity index (χ3n) is 5.30. The first kappa shape index (κ1) is 23.7. The number of sulfonamides is 2. The Bertz CT molecular complexity index is 880. The molecule has 1 aliphatic rings. The Labute approximate surface area is 172 Å². The number of hydrogen-bond acceptors (Lipinski definition) is 7. The van der Waals surface area contributed by atoms with Crippen LogP contribution in [-0.2, 0) is 24.8 Å². The second kappa shape index (κ2) is 9.07. The van der Waals surface area contributed by atoms with Crippen LogP contribution in [0.1, 0.15) is 45.7 Å². The van der Waals surface area contributed by atoms with E-state index in [1.807, 2.05) is 6.92 Å². The van der Waals surface area contributed by atoms with Crippen LogP contribution in [0.4, 0.5) is 0 Å². The van der Waals surface area contributed by atoms with Gasteiger partial charge in [-0.1, -0.05) is 20.8 Å². The predicted octanol–water partition coefficient (Wildman–Crippen LogP) is 1.84. The van der Waals surface area contributed by atoms with Gasteiger partial charge in [-0.05, 0) is 31.9 Å². The number of rotatable bonds is 9. The van der Waals surface area contributed by atoms with Crippen molar-refractivity contribution in [3.05, 3.63) is 11.6 Å². The molecule has 0 bridgehead atoms. The van der Waals surface area contributed by atoms with Crippen molar-refractivity contribution in [2.24, 2.45) is 11.1 Å². The molecule has 28 heavy (non-hydrogen) atoms. The standard InChI is InChI=1S/C17H31N3O5S3/c1-6-20(13(4)12(2)3)15-11-19(8-7-9-25-5)28(23,24)17-14(15)10-16(26-17)27(18,21)22/h10,12-13,15H,6-9,11H2,1-5H3,(H2,18,21,22)/t13?,15-/m0/s1. The Morgan fingerprint density at radius 3 is 2.54 bits per heavy atom. The minimum Gasteiger partial charge on any atom is -0.385 e. The van der Waals surface area contributed by atoms with Crippen LogP contribution in [-0.4, -0.2) is 65.4 Å². The van der Waals surface area contributed by atoms with E-state index in [1.54, 1.807) is 7.11 Å². The molecule has 2 heterocycles. The van der Waals surface area contributed by atoms with Crippen LogP contribution >= 0.6 is 11.3 Å². The molecule has 1 aromatic heterocycles. The molecule has 0 amide bonds. The summed E-state index contributed by atoms with van der Waals surface area (Å²) >= 11 is 0.743. The zero-order valence-corrected chi connectivity index (χ0v) is 19.5. The fraction of sp³-hybridized carbons (Fsp3) is 0.765. The van der Waals surface area contributed by atoms with E-state index in [-0.39, 0.29) is 27.0 Å². The molecule has 11 heteroatoms. The number of nitrogens with two attached hydrogens (primary N) is 1. The van der Waals surface area contributed by atoms with Gasteiger partial charge in [0, 0.05) is 38.4 Å². The normalized spacial score (nSPS) is 21.2. The van der Waals surface area contributed by atoms with Crippen LogP contribution in [0.25, 0.3) is 0 Å². The molecule has 2 N–H and O–H groups in total. The van der Waals surface area contributed by atoms with Gasteiger partial charge in [-0.15, -0.1) is 11.3 Å². The zero-order valence-electron chi connectivity index (χ0n) is 17.1. The summed E-state index contributed by atoms with van der Waals surface area (Å²) in [5.41, 5.74) is 0.534. The molecule has 0 saturated heterocycles. The quantitative estimate of drug-likeness (QED) is 0.571. The highest BCUT2D eigenvalue weighted by atomic mass is 32.3. The van der Waals surface area contributed by atoms with Gasteiger partial charge in [-0.2, -0.15) is 4.31 Å². The first-order valence-corrected chi connectivity index (χ1v) is 13.2. The number of thiophene rings is 1. The van der Waals surface area contributed by atoms with E-state index < -0.39 is 20.0 Å². The van der Waals surface area contributed by atoms with Crippen molar-refractivity contribution in [1.29, 1.82) is 0 Å². The highest BCUT2D eigenvalue weighted by Gasteiger charge is 2.42. The largest absolute Gasteiger partial charge is 0.385 e. The van der Waals surface area contributed by atoms with Gasteiger partial charge in [-0.25, -0.2) is 22.0 Å². The first-order valence-electron chi connectivity index (χ1n) is 9.36. The monoisotopic (exact) mass is 453 g/mol. The highest BCUT2D eigenvalue weighted by molar-refractivity contribution is 7.94. The van der Waals surface area contributed by atoms with Crippen LogP contribution < -0.4 is 5.14 Å². The third-order valence-corrected chi connectivity index (χ3v) is 10.3. The van der Waals surface area contributed by atoms with Crippen molar-refractivity contribution in [3.8, 4) is 0 Å². The van der Waals surface area contributed by atoms with E-state index in [9.17, 15) is 16.8 Å². The van der Waals surface area contributed by atoms with Crippen LogP contribution in [0.5, 0.6) is 0 Å². The van der Waals surface area contributed by atoms with E-state index in [4.69, 9.17) is 9.88 Å². The zero-order chi connectivity index (χ0) is 21.3. The van der Waals surface area contributed by atoms with E-state index in [0.717, 1.165) is 17.9 Å². The second-order valence-corrected chi connectivity index (χ2v) is 12.4. The lowest BCUT2D eigenvalue weighted by Gasteiger charge is -2.42. The minimum atomic E-state index is -3.98. The predicted molar refractivity (Wildman–Crippen MR) is 110 cm³/mol. The first-order chi connectivity index (χ1) is 12.9. The Morgan fingerprint density at radius 2 is 2.04 bits per heavy atom. The lowest BCUT2D eigenvalue weighted by atomic mass is 9.99. The molecule has 162 valence electrons. The molecule has 2 rings (SSSR count). The van der Waals surface area contributed by atoms with Crippen LogP contribution in [0.2, 0.25) is 0 Å². The van der Waals surface area contributed by atoms with Crippen molar-refractivity contribution < 1.29 is 21.6 Å². The van der Waals surface area contributed by atoms with Gasteiger partial charge in [0.05, 0.1) is 6.04 Å². The summed E-state index contributed by atoms with van der Waals surface area (Å²) < 4.78 is 56.5. The maximum atomic E-state index is 13.1. The molecule has 0 aromatic carbocycles. The maximum Gasteiger partial charge on any atom is 0.252 e.